The average Bonchev–Trinajstić information content (AvgIpc) is 1.80. The van der Waals surface area contributed by atoms with Crippen molar-refractivity contribution in [2.45, 2.75) is 39.2 Å². The van der Waals surface area contributed by atoms with Crippen LogP contribution >= 0.6 is 0 Å². The van der Waals surface area contributed by atoms with E-state index in [1.54, 1.807) is 0 Å². The summed E-state index contributed by atoms with van der Waals surface area (Å²) in [6.07, 6.45) is 2.70. The monoisotopic (exact) mass is 170 g/mol. The van der Waals surface area contributed by atoms with Crippen LogP contribution in [0.5, 0.6) is 0 Å². The number of hydrogen-bond donors (Lipinski definition) is 1. The van der Waals surface area contributed by atoms with E-state index in [1.165, 1.54) is 32.5 Å². The van der Waals surface area contributed by atoms with E-state index in [0.717, 1.165) is 6.54 Å². The molecule has 1 heterocycles. The van der Waals surface area contributed by atoms with Crippen LogP contribution in [0.4, 0.5) is 0 Å². The lowest BCUT2D eigenvalue weighted by Crippen LogP contribution is -2.41. The quantitative estimate of drug-likeness (QED) is 0.643. The van der Waals surface area contributed by atoms with Crippen LogP contribution in [0.15, 0.2) is 0 Å². The maximum atomic E-state index is 3.50. The molecule has 0 aromatic carbocycles. The maximum Gasteiger partial charge on any atom is 0.00965 e. The van der Waals surface area contributed by atoms with E-state index in [0.29, 0.717) is 0 Å². The van der Waals surface area contributed by atoms with Crippen LogP contribution < -0.4 is 5.32 Å². The van der Waals surface area contributed by atoms with Gasteiger partial charge in [-0.3, -0.25) is 0 Å². The van der Waals surface area contributed by atoms with Gasteiger partial charge in [0.15, 0.2) is 0 Å². The second-order valence-corrected chi connectivity index (χ2v) is 4.73. The summed E-state index contributed by atoms with van der Waals surface area (Å²) in [6, 6.07) is 0. The van der Waals surface area contributed by atoms with Crippen LogP contribution in [0.25, 0.3) is 0 Å². The van der Waals surface area contributed by atoms with Crippen LogP contribution in [-0.4, -0.2) is 36.6 Å². The molecule has 12 heavy (non-hydrogen) atoms. The lowest BCUT2D eigenvalue weighted by molar-refractivity contribution is 0.177. The molecule has 72 valence electrons. The van der Waals surface area contributed by atoms with Crippen LogP contribution in [-0.2, 0) is 0 Å². The van der Waals surface area contributed by atoms with Gasteiger partial charge in [0.05, 0.1) is 0 Å². The van der Waals surface area contributed by atoms with Gasteiger partial charge in [-0.15, -0.1) is 0 Å². The van der Waals surface area contributed by atoms with E-state index in [2.05, 4.69) is 31.0 Å². The van der Waals surface area contributed by atoms with Crippen molar-refractivity contribution < 1.29 is 0 Å². The second-order valence-electron chi connectivity index (χ2n) is 4.73. The van der Waals surface area contributed by atoms with Gasteiger partial charge in [0.25, 0.3) is 0 Å². The highest BCUT2D eigenvalue weighted by molar-refractivity contribution is 4.72. The Morgan fingerprint density at radius 1 is 1.25 bits per heavy atom. The highest BCUT2D eigenvalue weighted by atomic mass is 15.2. The molecule has 0 spiro atoms. The predicted molar refractivity (Wildman–Crippen MR) is 53.4 cm³/mol. The fraction of sp³-hybridized carbons (Fsp3) is 1.00. The van der Waals surface area contributed by atoms with Crippen LogP contribution in [0, 0.1) is 0 Å². The summed E-state index contributed by atoms with van der Waals surface area (Å²) in [4.78, 5) is 2.52. The molecule has 2 nitrogen and oxygen atoms in total. The van der Waals surface area contributed by atoms with Gasteiger partial charge in [-0.25, -0.2) is 0 Å². The van der Waals surface area contributed by atoms with E-state index in [9.17, 15) is 0 Å². The summed E-state index contributed by atoms with van der Waals surface area (Å²) >= 11 is 0. The highest BCUT2D eigenvalue weighted by Gasteiger charge is 2.13. The number of nitrogens with zero attached hydrogens (tertiary/aromatic N) is 1. The maximum absolute atomic E-state index is 3.50. The summed E-state index contributed by atoms with van der Waals surface area (Å²) < 4.78 is 0. The summed E-state index contributed by atoms with van der Waals surface area (Å²) in [5.74, 6) is 0. The van der Waals surface area contributed by atoms with Gasteiger partial charge < -0.3 is 10.2 Å². The second kappa shape index (κ2) is 4.24. The van der Waals surface area contributed by atoms with Crippen molar-refractivity contribution in [3.8, 4) is 0 Å². The summed E-state index contributed by atoms with van der Waals surface area (Å²) in [6.45, 7) is 11.7. The van der Waals surface area contributed by atoms with Gasteiger partial charge in [-0.05, 0) is 59.8 Å². The largest absolute Gasteiger partial charge is 0.312 e. The van der Waals surface area contributed by atoms with Gasteiger partial charge >= 0.3 is 0 Å². The Morgan fingerprint density at radius 2 is 1.92 bits per heavy atom. The fourth-order valence-electron chi connectivity index (χ4n) is 1.37. The SMILES string of the molecule is CC(C)(C)NCCCN1CCC1. The first-order chi connectivity index (χ1) is 5.58. The normalized spacial score (nSPS) is 19.2. The lowest BCUT2D eigenvalue weighted by atomic mass is 10.1. The minimum atomic E-state index is 0.287. The van der Waals surface area contributed by atoms with Gasteiger partial charge in [0.2, 0.25) is 0 Å². The van der Waals surface area contributed by atoms with Gasteiger partial charge in [0, 0.05) is 5.54 Å². The van der Waals surface area contributed by atoms with Gasteiger partial charge in [-0.1, -0.05) is 0 Å². The minimum absolute atomic E-state index is 0.287. The Balaban J connectivity index is 1.88. The third-order valence-electron chi connectivity index (χ3n) is 2.26. The Morgan fingerprint density at radius 3 is 2.33 bits per heavy atom. The van der Waals surface area contributed by atoms with E-state index < -0.39 is 0 Å². The molecule has 0 amide bonds. The molecule has 0 aliphatic carbocycles. The first-order valence-electron chi connectivity index (χ1n) is 5.05. The molecule has 0 unspecified atom stereocenters. The molecule has 1 N–H and O–H groups in total. The summed E-state index contributed by atoms with van der Waals surface area (Å²) in [5, 5.41) is 3.50. The van der Waals surface area contributed by atoms with Gasteiger partial charge in [-0.2, -0.15) is 0 Å². The molecule has 0 bridgehead atoms. The standard InChI is InChI=1S/C10H22N2/c1-10(2,3)11-6-4-7-12-8-5-9-12/h11H,4-9H2,1-3H3. The van der Waals surface area contributed by atoms with Crippen molar-refractivity contribution in [1.29, 1.82) is 0 Å². The summed E-state index contributed by atoms with van der Waals surface area (Å²) in [7, 11) is 0. The zero-order valence-electron chi connectivity index (χ0n) is 8.69. The molecule has 2 heteroatoms. The molecule has 0 aromatic rings. The fourth-order valence-corrected chi connectivity index (χ4v) is 1.37. The van der Waals surface area contributed by atoms with E-state index >= 15 is 0 Å². The number of hydrogen-bond acceptors (Lipinski definition) is 2. The molecule has 1 fully saturated rings. The molecule has 0 saturated carbocycles. The Kier molecular flexibility index (Phi) is 3.53. The Hall–Kier alpha value is -0.0800. The van der Waals surface area contributed by atoms with E-state index in [1.807, 2.05) is 0 Å². The topological polar surface area (TPSA) is 15.3 Å². The molecule has 0 radical (unpaired) electrons. The summed E-state index contributed by atoms with van der Waals surface area (Å²) in [5.41, 5.74) is 0.287. The number of nitrogens with one attached hydrogen (secondary N) is 1. The molecule has 0 aromatic heterocycles. The van der Waals surface area contributed by atoms with Crippen molar-refractivity contribution >= 4 is 0 Å². The van der Waals surface area contributed by atoms with Crippen molar-refractivity contribution in [3.63, 3.8) is 0 Å². The number of rotatable bonds is 4. The first kappa shape index (κ1) is 10.0. The zero-order chi connectivity index (χ0) is 9.03. The molecular formula is C10H22N2. The predicted octanol–water partition coefficient (Wildman–Crippen LogP) is 1.47. The van der Waals surface area contributed by atoms with Crippen LogP contribution in [0.3, 0.4) is 0 Å². The smallest absolute Gasteiger partial charge is 0.00965 e. The Labute approximate surface area is 76.3 Å². The molecule has 0 atom stereocenters. The zero-order valence-corrected chi connectivity index (χ0v) is 8.69. The number of likely N-dealkylation sites (tertiary alicyclic amines) is 1. The highest BCUT2D eigenvalue weighted by Crippen LogP contribution is 2.05. The van der Waals surface area contributed by atoms with Crippen molar-refractivity contribution in [3.05, 3.63) is 0 Å². The third kappa shape index (κ3) is 4.07. The average molecular weight is 170 g/mol. The first-order valence-corrected chi connectivity index (χ1v) is 5.05. The molecule has 1 aliphatic rings. The molecular weight excluding hydrogens is 148 g/mol. The van der Waals surface area contributed by atoms with Crippen molar-refractivity contribution in [2.75, 3.05) is 26.2 Å². The third-order valence-corrected chi connectivity index (χ3v) is 2.26. The van der Waals surface area contributed by atoms with Crippen molar-refractivity contribution in [1.82, 2.24) is 10.2 Å². The molecule has 1 saturated heterocycles. The Bertz CT molecular complexity index is 122. The molecule has 1 aliphatic heterocycles. The molecule has 1 rings (SSSR count). The minimum Gasteiger partial charge on any atom is -0.312 e. The lowest BCUT2D eigenvalue weighted by Gasteiger charge is -2.31. The van der Waals surface area contributed by atoms with E-state index in [-0.39, 0.29) is 5.54 Å². The van der Waals surface area contributed by atoms with Crippen LogP contribution in [0.1, 0.15) is 33.6 Å². The van der Waals surface area contributed by atoms with E-state index in [4.69, 9.17) is 0 Å². The van der Waals surface area contributed by atoms with Crippen molar-refractivity contribution in [2.24, 2.45) is 0 Å². The van der Waals surface area contributed by atoms with Gasteiger partial charge in [0.1, 0.15) is 0 Å². The van der Waals surface area contributed by atoms with Crippen LogP contribution in [0.2, 0.25) is 0 Å².